The molecule has 6 nitrogen and oxygen atoms in total. The molecule has 1 aliphatic heterocycles. The fourth-order valence-corrected chi connectivity index (χ4v) is 3.02. The van der Waals surface area contributed by atoms with Crippen molar-refractivity contribution in [2.45, 2.75) is 25.8 Å². The van der Waals surface area contributed by atoms with Gasteiger partial charge in [0.2, 0.25) is 0 Å². The normalized spacial score (nSPS) is 16.8. The Hall–Kier alpha value is -2.70. The summed E-state index contributed by atoms with van der Waals surface area (Å²) < 4.78 is 18.4. The van der Waals surface area contributed by atoms with E-state index < -0.39 is 0 Å². The molecule has 0 radical (unpaired) electrons. The highest BCUT2D eigenvalue weighted by Gasteiger charge is 2.31. The number of nitrogens with one attached hydrogen (secondary N) is 1. The van der Waals surface area contributed by atoms with E-state index >= 15 is 0 Å². The number of nitrogens with zero attached hydrogens (tertiary/aromatic N) is 3. The summed E-state index contributed by atoms with van der Waals surface area (Å²) in [5, 5.41) is 3.02. The lowest BCUT2D eigenvalue weighted by molar-refractivity contribution is -0.134. The Labute approximate surface area is 146 Å². The van der Waals surface area contributed by atoms with Gasteiger partial charge in [-0.05, 0) is 44.0 Å². The van der Waals surface area contributed by atoms with Gasteiger partial charge in [-0.15, -0.1) is 0 Å². The number of halogens is 1. The first-order valence-corrected chi connectivity index (χ1v) is 8.28. The van der Waals surface area contributed by atoms with Crippen molar-refractivity contribution in [2.24, 2.45) is 0 Å². The molecule has 0 unspecified atom stereocenters. The Kier molecular flexibility index (Phi) is 5.11. The summed E-state index contributed by atoms with van der Waals surface area (Å²) in [6.07, 6.45) is 1.78. The molecular weight excluding hydrogens is 323 g/mol. The summed E-state index contributed by atoms with van der Waals surface area (Å²) in [7, 11) is 1.81. The standard InChI is InChI=1S/C18H21FN4O2/c1-12-21-15(10-17(20-2)22-12)16-4-3-9-23(16)18(24)11-25-14-7-5-13(19)6-8-14/h5-8,10,16H,3-4,9,11H2,1-2H3,(H,20,21,22)/t16-/m1/s1. The zero-order valence-corrected chi connectivity index (χ0v) is 14.3. The lowest BCUT2D eigenvalue weighted by atomic mass is 10.1. The maximum absolute atomic E-state index is 12.9. The number of ether oxygens (including phenoxy) is 1. The molecule has 1 atom stereocenters. The molecule has 0 aliphatic carbocycles. The average molecular weight is 344 g/mol. The van der Waals surface area contributed by atoms with Crippen LogP contribution >= 0.6 is 0 Å². The topological polar surface area (TPSA) is 67.4 Å². The smallest absolute Gasteiger partial charge is 0.261 e. The molecule has 2 aromatic rings. The summed E-state index contributed by atoms with van der Waals surface area (Å²) in [6.45, 7) is 2.43. The summed E-state index contributed by atoms with van der Waals surface area (Å²) in [5.74, 6) is 1.45. The number of benzene rings is 1. The molecule has 3 rings (SSSR count). The lowest BCUT2D eigenvalue weighted by Crippen LogP contribution is -2.35. The molecule has 0 bridgehead atoms. The van der Waals surface area contributed by atoms with Gasteiger partial charge in [0.25, 0.3) is 5.91 Å². The predicted molar refractivity (Wildman–Crippen MR) is 91.9 cm³/mol. The largest absolute Gasteiger partial charge is 0.484 e. The first-order chi connectivity index (χ1) is 12.1. The van der Waals surface area contributed by atoms with Gasteiger partial charge in [-0.1, -0.05) is 0 Å². The van der Waals surface area contributed by atoms with E-state index in [4.69, 9.17) is 4.74 Å². The fourth-order valence-electron chi connectivity index (χ4n) is 3.02. The molecule has 1 amide bonds. The number of aromatic nitrogens is 2. The fraction of sp³-hybridized carbons (Fsp3) is 0.389. The minimum Gasteiger partial charge on any atom is -0.484 e. The second-order valence-corrected chi connectivity index (χ2v) is 5.96. The van der Waals surface area contributed by atoms with Crippen molar-refractivity contribution >= 4 is 11.7 Å². The number of carbonyl (C=O) groups is 1. The molecule has 1 fully saturated rings. The van der Waals surface area contributed by atoms with Crippen LogP contribution in [0.1, 0.15) is 30.4 Å². The molecule has 0 saturated carbocycles. The van der Waals surface area contributed by atoms with Crippen LogP contribution in [-0.4, -0.2) is 41.0 Å². The third-order valence-electron chi connectivity index (χ3n) is 4.20. The van der Waals surface area contributed by atoms with Crippen molar-refractivity contribution in [2.75, 3.05) is 25.5 Å². The van der Waals surface area contributed by atoms with Gasteiger partial charge < -0.3 is 15.0 Å². The molecule has 2 heterocycles. The van der Waals surface area contributed by atoms with Crippen molar-refractivity contribution in [3.63, 3.8) is 0 Å². The molecule has 1 aliphatic rings. The van der Waals surface area contributed by atoms with Crippen molar-refractivity contribution in [3.8, 4) is 5.75 Å². The van der Waals surface area contributed by atoms with Gasteiger partial charge >= 0.3 is 0 Å². The minimum absolute atomic E-state index is 0.0712. The van der Waals surface area contributed by atoms with Gasteiger partial charge in [0, 0.05) is 19.7 Å². The van der Waals surface area contributed by atoms with E-state index in [1.165, 1.54) is 24.3 Å². The van der Waals surface area contributed by atoms with Gasteiger partial charge in [-0.2, -0.15) is 0 Å². The molecule has 25 heavy (non-hydrogen) atoms. The molecular formula is C18H21FN4O2. The van der Waals surface area contributed by atoms with Crippen LogP contribution in [0.4, 0.5) is 10.2 Å². The summed E-state index contributed by atoms with van der Waals surface area (Å²) in [4.78, 5) is 23.2. The van der Waals surface area contributed by atoms with E-state index in [2.05, 4.69) is 15.3 Å². The van der Waals surface area contributed by atoms with Gasteiger partial charge in [-0.3, -0.25) is 4.79 Å². The number of amides is 1. The number of likely N-dealkylation sites (tertiary alicyclic amines) is 1. The quantitative estimate of drug-likeness (QED) is 0.903. The Bertz CT molecular complexity index is 751. The van der Waals surface area contributed by atoms with Crippen molar-refractivity contribution in [1.29, 1.82) is 0 Å². The Morgan fingerprint density at radius 2 is 2.12 bits per heavy atom. The van der Waals surface area contributed by atoms with E-state index in [9.17, 15) is 9.18 Å². The second-order valence-electron chi connectivity index (χ2n) is 5.96. The van der Waals surface area contributed by atoms with Crippen LogP contribution in [-0.2, 0) is 4.79 Å². The third kappa shape index (κ3) is 4.04. The molecule has 1 saturated heterocycles. The molecule has 0 spiro atoms. The van der Waals surface area contributed by atoms with E-state index in [1.54, 1.807) is 11.9 Å². The van der Waals surface area contributed by atoms with E-state index in [-0.39, 0.29) is 24.4 Å². The zero-order chi connectivity index (χ0) is 17.8. The number of hydrogen-bond donors (Lipinski definition) is 1. The number of carbonyl (C=O) groups excluding carboxylic acids is 1. The van der Waals surface area contributed by atoms with Crippen LogP contribution in [0.3, 0.4) is 0 Å². The third-order valence-corrected chi connectivity index (χ3v) is 4.20. The highest BCUT2D eigenvalue weighted by atomic mass is 19.1. The maximum atomic E-state index is 12.9. The SMILES string of the molecule is CNc1cc([C@H]2CCCN2C(=O)COc2ccc(F)cc2)nc(C)n1. The number of rotatable bonds is 5. The summed E-state index contributed by atoms with van der Waals surface area (Å²) in [6, 6.07) is 7.44. The van der Waals surface area contributed by atoms with Crippen LogP contribution in [0.15, 0.2) is 30.3 Å². The van der Waals surface area contributed by atoms with Gasteiger partial charge in [0.15, 0.2) is 6.61 Å². The predicted octanol–water partition coefficient (Wildman–Crippen LogP) is 2.71. The molecule has 132 valence electrons. The molecule has 1 N–H and O–H groups in total. The van der Waals surface area contributed by atoms with Crippen molar-refractivity contribution in [3.05, 3.63) is 47.7 Å². The lowest BCUT2D eigenvalue weighted by Gasteiger charge is -2.24. The van der Waals surface area contributed by atoms with Crippen molar-refractivity contribution in [1.82, 2.24) is 14.9 Å². The number of hydrogen-bond acceptors (Lipinski definition) is 5. The van der Waals surface area contributed by atoms with E-state index in [1.807, 2.05) is 13.0 Å². The van der Waals surface area contributed by atoms with Gasteiger partial charge in [-0.25, -0.2) is 14.4 Å². The Morgan fingerprint density at radius 3 is 2.84 bits per heavy atom. The van der Waals surface area contributed by atoms with Crippen LogP contribution in [0, 0.1) is 12.7 Å². The summed E-state index contributed by atoms with van der Waals surface area (Å²) in [5.41, 5.74) is 0.837. The number of anilines is 1. The van der Waals surface area contributed by atoms with E-state index in [0.717, 1.165) is 24.4 Å². The zero-order valence-electron chi connectivity index (χ0n) is 14.3. The maximum Gasteiger partial charge on any atom is 0.261 e. The van der Waals surface area contributed by atoms with Crippen LogP contribution in [0.2, 0.25) is 0 Å². The second kappa shape index (κ2) is 7.46. The average Bonchev–Trinajstić information content (AvgIpc) is 3.10. The molecule has 1 aromatic heterocycles. The summed E-state index contributed by atoms with van der Waals surface area (Å²) >= 11 is 0. The van der Waals surface area contributed by atoms with Crippen LogP contribution in [0.5, 0.6) is 5.75 Å². The Balaban J connectivity index is 1.69. The first kappa shape index (κ1) is 17.1. The van der Waals surface area contributed by atoms with Crippen molar-refractivity contribution < 1.29 is 13.9 Å². The van der Waals surface area contributed by atoms with Gasteiger partial charge in [0.05, 0.1) is 11.7 Å². The minimum atomic E-state index is -0.335. The van der Waals surface area contributed by atoms with Crippen LogP contribution < -0.4 is 10.1 Å². The van der Waals surface area contributed by atoms with E-state index in [0.29, 0.717) is 18.1 Å². The first-order valence-electron chi connectivity index (χ1n) is 8.28. The van der Waals surface area contributed by atoms with Gasteiger partial charge in [0.1, 0.15) is 23.2 Å². The monoisotopic (exact) mass is 344 g/mol. The molecule has 1 aromatic carbocycles. The van der Waals surface area contributed by atoms with Crippen LogP contribution in [0.25, 0.3) is 0 Å². The number of aryl methyl sites for hydroxylation is 1. The Morgan fingerprint density at radius 1 is 1.36 bits per heavy atom. The molecule has 7 heteroatoms. The highest BCUT2D eigenvalue weighted by molar-refractivity contribution is 5.78. The highest BCUT2D eigenvalue weighted by Crippen LogP contribution is 2.31.